The maximum atomic E-state index is 11.9. The highest BCUT2D eigenvalue weighted by molar-refractivity contribution is 5.76. The van der Waals surface area contributed by atoms with Crippen LogP contribution in [0.25, 0.3) is 0 Å². The number of carbonyl (C=O) groups is 1. The van der Waals surface area contributed by atoms with Gasteiger partial charge < -0.3 is 20.3 Å². The Morgan fingerprint density at radius 3 is 2.60 bits per heavy atom. The number of nitrogens with two attached hydrogens (primary N) is 1. The first kappa shape index (κ1) is 14.5. The van der Waals surface area contributed by atoms with E-state index in [1.807, 2.05) is 30.0 Å². The van der Waals surface area contributed by atoms with Crippen molar-refractivity contribution in [2.24, 2.45) is 0 Å². The maximum Gasteiger partial charge on any atom is 0.222 e. The van der Waals surface area contributed by atoms with Crippen molar-refractivity contribution in [3.05, 3.63) is 18.2 Å². The lowest BCUT2D eigenvalue weighted by atomic mass is 10.2. The summed E-state index contributed by atoms with van der Waals surface area (Å²) < 4.78 is 5.39. The number of carbonyl (C=O) groups excluding carboxylic acids is 1. The Morgan fingerprint density at radius 1 is 1.30 bits per heavy atom. The summed E-state index contributed by atoms with van der Waals surface area (Å²) in [6.07, 6.45) is 1.55. The molecule has 1 heterocycles. The largest absolute Gasteiger partial charge is 0.495 e. The molecule has 5 heteroatoms. The van der Waals surface area contributed by atoms with Crippen LogP contribution in [0.3, 0.4) is 0 Å². The number of benzene rings is 1. The van der Waals surface area contributed by atoms with E-state index in [9.17, 15) is 4.79 Å². The van der Waals surface area contributed by atoms with Gasteiger partial charge in [0.25, 0.3) is 0 Å². The minimum absolute atomic E-state index is 0.256. The number of nitrogen functional groups attached to an aromatic ring is 1. The molecule has 1 aromatic carbocycles. The van der Waals surface area contributed by atoms with Gasteiger partial charge in [0, 0.05) is 38.3 Å². The molecule has 1 amide bonds. The summed E-state index contributed by atoms with van der Waals surface area (Å²) in [5.74, 6) is 1.08. The molecule has 0 saturated carbocycles. The van der Waals surface area contributed by atoms with E-state index in [1.165, 1.54) is 0 Å². The quantitative estimate of drug-likeness (QED) is 0.851. The first-order valence-corrected chi connectivity index (χ1v) is 7.12. The highest BCUT2D eigenvalue weighted by Crippen LogP contribution is 2.31. The Morgan fingerprint density at radius 2 is 2.00 bits per heavy atom. The number of nitrogens with zero attached hydrogens (tertiary/aromatic N) is 2. The van der Waals surface area contributed by atoms with Crippen molar-refractivity contribution in [2.75, 3.05) is 43.9 Å². The second-order valence-electron chi connectivity index (χ2n) is 5.05. The van der Waals surface area contributed by atoms with Gasteiger partial charge in [0.2, 0.25) is 5.91 Å². The zero-order valence-corrected chi connectivity index (χ0v) is 12.3. The van der Waals surface area contributed by atoms with E-state index in [-0.39, 0.29) is 5.91 Å². The summed E-state index contributed by atoms with van der Waals surface area (Å²) in [5.41, 5.74) is 7.59. The number of hydrogen-bond donors (Lipinski definition) is 1. The lowest BCUT2D eigenvalue weighted by Gasteiger charge is -2.36. The van der Waals surface area contributed by atoms with Gasteiger partial charge in [0.05, 0.1) is 12.8 Å². The van der Waals surface area contributed by atoms with Crippen LogP contribution in [-0.2, 0) is 4.79 Å². The summed E-state index contributed by atoms with van der Waals surface area (Å²) in [6, 6.07) is 5.66. The van der Waals surface area contributed by atoms with Crippen molar-refractivity contribution < 1.29 is 9.53 Å². The number of amides is 1. The van der Waals surface area contributed by atoms with Crippen LogP contribution >= 0.6 is 0 Å². The molecule has 0 aromatic heterocycles. The molecule has 20 heavy (non-hydrogen) atoms. The highest BCUT2D eigenvalue weighted by Gasteiger charge is 2.22. The molecule has 110 valence electrons. The fourth-order valence-electron chi connectivity index (χ4n) is 2.52. The summed E-state index contributed by atoms with van der Waals surface area (Å²) in [7, 11) is 1.66. The highest BCUT2D eigenvalue weighted by atomic mass is 16.5. The van der Waals surface area contributed by atoms with Crippen LogP contribution in [0.2, 0.25) is 0 Å². The fraction of sp³-hybridized carbons (Fsp3) is 0.533. The van der Waals surface area contributed by atoms with Crippen molar-refractivity contribution >= 4 is 17.3 Å². The third-order valence-corrected chi connectivity index (χ3v) is 3.64. The molecule has 0 spiro atoms. The van der Waals surface area contributed by atoms with E-state index in [0.29, 0.717) is 6.42 Å². The van der Waals surface area contributed by atoms with Crippen molar-refractivity contribution in [1.29, 1.82) is 0 Å². The number of hydrogen-bond acceptors (Lipinski definition) is 4. The molecule has 1 aromatic rings. The Kier molecular flexibility index (Phi) is 4.71. The third kappa shape index (κ3) is 3.15. The van der Waals surface area contributed by atoms with Crippen LogP contribution in [0, 0.1) is 0 Å². The number of ether oxygens (including phenoxy) is 1. The second kappa shape index (κ2) is 6.50. The van der Waals surface area contributed by atoms with Gasteiger partial charge in [-0.2, -0.15) is 0 Å². The Hall–Kier alpha value is -1.91. The van der Waals surface area contributed by atoms with Crippen LogP contribution in [-0.4, -0.2) is 44.1 Å². The number of methoxy groups -OCH3 is 1. The number of piperazine rings is 1. The average molecular weight is 277 g/mol. The van der Waals surface area contributed by atoms with Gasteiger partial charge >= 0.3 is 0 Å². The van der Waals surface area contributed by atoms with Gasteiger partial charge in [0.15, 0.2) is 0 Å². The normalized spacial score (nSPS) is 15.3. The first-order chi connectivity index (χ1) is 9.65. The van der Waals surface area contributed by atoms with Crippen molar-refractivity contribution in [3.8, 4) is 5.75 Å². The standard InChI is InChI=1S/C15H23N3O2/c1-3-4-15(19)18-9-7-17(8-10-18)13-11-12(16)5-6-14(13)20-2/h5-6,11H,3-4,7-10,16H2,1-2H3. The molecule has 2 N–H and O–H groups in total. The van der Waals surface area contributed by atoms with E-state index in [1.54, 1.807) is 7.11 Å². The Bertz CT molecular complexity index is 468. The SMILES string of the molecule is CCCC(=O)N1CCN(c2cc(N)ccc2OC)CC1. The summed E-state index contributed by atoms with van der Waals surface area (Å²) in [5, 5.41) is 0. The molecule has 1 fully saturated rings. The molecular weight excluding hydrogens is 254 g/mol. The predicted octanol–water partition coefficient (Wildman–Crippen LogP) is 1.73. The maximum absolute atomic E-state index is 11.9. The molecule has 0 radical (unpaired) electrons. The molecule has 0 aliphatic carbocycles. The third-order valence-electron chi connectivity index (χ3n) is 3.64. The van der Waals surface area contributed by atoms with E-state index in [4.69, 9.17) is 10.5 Å². The van der Waals surface area contributed by atoms with Crippen LogP contribution in [0.4, 0.5) is 11.4 Å². The van der Waals surface area contributed by atoms with Crippen molar-refractivity contribution in [2.45, 2.75) is 19.8 Å². The lowest BCUT2D eigenvalue weighted by Crippen LogP contribution is -2.48. The number of rotatable bonds is 4. The van der Waals surface area contributed by atoms with Gasteiger partial charge in [-0.3, -0.25) is 4.79 Å². The van der Waals surface area contributed by atoms with Gasteiger partial charge in [-0.1, -0.05) is 6.92 Å². The van der Waals surface area contributed by atoms with E-state index < -0.39 is 0 Å². The molecule has 1 saturated heterocycles. The van der Waals surface area contributed by atoms with E-state index in [0.717, 1.165) is 49.7 Å². The zero-order valence-electron chi connectivity index (χ0n) is 12.3. The van der Waals surface area contributed by atoms with Gasteiger partial charge in [0.1, 0.15) is 5.75 Å². The first-order valence-electron chi connectivity index (χ1n) is 7.12. The topological polar surface area (TPSA) is 58.8 Å². The van der Waals surface area contributed by atoms with Crippen LogP contribution in [0.5, 0.6) is 5.75 Å². The monoisotopic (exact) mass is 277 g/mol. The summed E-state index contributed by atoms with van der Waals surface area (Å²) >= 11 is 0. The Labute approximate surface area is 120 Å². The van der Waals surface area contributed by atoms with E-state index in [2.05, 4.69) is 4.90 Å². The van der Waals surface area contributed by atoms with Crippen LogP contribution < -0.4 is 15.4 Å². The minimum atomic E-state index is 0.256. The van der Waals surface area contributed by atoms with Crippen molar-refractivity contribution in [1.82, 2.24) is 4.90 Å². The molecule has 0 bridgehead atoms. The minimum Gasteiger partial charge on any atom is -0.495 e. The lowest BCUT2D eigenvalue weighted by molar-refractivity contribution is -0.131. The fourth-order valence-corrected chi connectivity index (χ4v) is 2.52. The molecule has 2 rings (SSSR count). The predicted molar refractivity (Wildman–Crippen MR) is 81.1 cm³/mol. The molecule has 0 atom stereocenters. The van der Waals surface area contributed by atoms with Gasteiger partial charge in [-0.05, 0) is 24.6 Å². The Balaban J connectivity index is 2.03. The molecule has 0 unspecified atom stereocenters. The summed E-state index contributed by atoms with van der Waals surface area (Å²) in [6.45, 7) is 5.18. The molecular formula is C15H23N3O2. The molecule has 1 aliphatic heterocycles. The number of anilines is 2. The second-order valence-corrected chi connectivity index (χ2v) is 5.05. The van der Waals surface area contributed by atoms with Gasteiger partial charge in [-0.25, -0.2) is 0 Å². The average Bonchev–Trinajstić information content (AvgIpc) is 2.47. The molecule has 1 aliphatic rings. The van der Waals surface area contributed by atoms with Gasteiger partial charge in [-0.15, -0.1) is 0 Å². The summed E-state index contributed by atoms with van der Waals surface area (Å²) in [4.78, 5) is 16.1. The zero-order chi connectivity index (χ0) is 14.5. The molecule has 5 nitrogen and oxygen atoms in total. The van der Waals surface area contributed by atoms with Crippen LogP contribution in [0.1, 0.15) is 19.8 Å². The smallest absolute Gasteiger partial charge is 0.222 e. The van der Waals surface area contributed by atoms with Crippen LogP contribution in [0.15, 0.2) is 18.2 Å². The van der Waals surface area contributed by atoms with Crippen molar-refractivity contribution in [3.63, 3.8) is 0 Å². The van der Waals surface area contributed by atoms with E-state index >= 15 is 0 Å².